The van der Waals surface area contributed by atoms with E-state index in [0.717, 1.165) is 14.7 Å². The minimum absolute atomic E-state index is 0.0496. The number of carbonyl (C=O) groups is 1. The van der Waals surface area contributed by atoms with E-state index < -0.39 is 17.7 Å². The first-order valence-electron chi connectivity index (χ1n) is 8.60. The largest absolute Gasteiger partial charge is 0.493 e. The van der Waals surface area contributed by atoms with Gasteiger partial charge in [-0.2, -0.15) is 4.98 Å². The Morgan fingerprint density at radius 3 is 2.45 bits per heavy atom. The van der Waals surface area contributed by atoms with Crippen LogP contribution in [0.25, 0.3) is 0 Å². The molecule has 13 nitrogen and oxygen atoms in total. The van der Waals surface area contributed by atoms with Crippen LogP contribution in [-0.4, -0.2) is 47.0 Å². The number of aromatic nitrogens is 4. The van der Waals surface area contributed by atoms with Crippen LogP contribution in [0, 0.1) is 10.8 Å². The van der Waals surface area contributed by atoms with Crippen molar-refractivity contribution >= 4 is 29.5 Å². The number of nitrogens with one attached hydrogen (secondary N) is 2. The van der Waals surface area contributed by atoms with Crippen molar-refractivity contribution in [3.8, 4) is 11.8 Å². The molecule has 0 fully saturated rings. The number of imidazole rings is 2. The average Bonchev–Trinajstić information content (AvgIpc) is 3.37. The maximum atomic E-state index is 13.1. The van der Waals surface area contributed by atoms with Crippen LogP contribution < -0.4 is 0 Å². The molecule has 0 spiro atoms. The van der Waals surface area contributed by atoms with E-state index in [-0.39, 0.29) is 47.4 Å². The van der Waals surface area contributed by atoms with Gasteiger partial charge >= 0.3 is 0 Å². The lowest BCUT2D eigenvalue weighted by Gasteiger charge is -2.14. The van der Waals surface area contributed by atoms with Gasteiger partial charge in [-0.15, -0.1) is 20.5 Å². The van der Waals surface area contributed by atoms with Crippen LogP contribution in [0.1, 0.15) is 44.1 Å². The second-order valence-electron chi connectivity index (χ2n) is 6.68. The van der Waals surface area contributed by atoms with Gasteiger partial charge in [0, 0.05) is 6.42 Å². The summed E-state index contributed by atoms with van der Waals surface area (Å²) < 4.78 is 2.11. The molecule has 2 aromatic rings. The summed E-state index contributed by atoms with van der Waals surface area (Å²) in [6.07, 6.45) is 2.44. The molecular weight excluding hydrogens is 380 g/mol. The normalized spacial score (nSPS) is 15.0. The van der Waals surface area contributed by atoms with Crippen molar-refractivity contribution in [2.24, 2.45) is 20.5 Å². The summed E-state index contributed by atoms with van der Waals surface area (Å²) in [7, 11) is 0. The zero-order chi connectivity index (χ0) is 20.9. The number of allylic oxidation sites excluding steroid dienone is 2. The van der Waals surface area contributed by atoms with Gasteiger partial charge in [0.1, 0.15) is 23.2 Å². The Hall–Kier alpha value is -4.03. The van der Waals surface area contributed by atoms with Gasteiger partial charge in [0.25, 0.3) is 17.8 Å². The molecule has 0 radical (unpaired) electrons. The Balaban J connectivity index is 1.83. The monoisotopic (exact) mass is 396 g/mol. The van der Waals surface area contributed by atoms with Crippen LogP contribution in [-0.2, 0) is 4.79 Å². The van der Waals surface area contributed by atoms with Crippen molar-refractivity contribution in [3.05, 3.63) is 23.2 Å². The molecule has 2 aliphatic rings. The molecule has 4 heterocycles. The third-order valence-electron chi connectivity index (χ3n) is 4.42. The number of hydrogen-bond acceptors (Lipinski definition) is 9. The Bertz CT molecular complexity index is 1160. The standard InChI is InChI=1S/C16H16N10O3/c1-6(2)4-3-5-7(27)8(9-13(29)26-15(18)23-24-16(26)19-9)10-20-12(28)11-21-22-14(17)25(10)11/h4,8,17-18,28-29H,3,5H2,1-2H3. The summed E-state index contributed by atoms with van der Waals surface area (Å²) in [5.74, 6) is -3.42. The van der Waals surface area contributed by atoms with Gasteiger partial charge in [-0.1, -0.05) is 11.6 Å². The fraction of sp³-hybridized carbons (Fsp3) is 0.312. The van der Waals surface area contributed by atoms with Crippen LogP contribution in [0.5, 0.6) is 11.8 Å². The molecule has 4 rings (SSSR count). The summed E-state index contributed by atoms with van der Waals surface area (Å²) in [5, 5.41) is 50.8. The SMILES string of the molecule is CC(C)=CCCC(=O)C(c1nc2n(c1O)C(=N)N=N2)c1nc(O)c2n1C(=N)N=N2. The summed E-state index contributed by atoms with van der Waals surface area (Å²) >= 11 is 0. The van der Waals surface area contributed by atoms with Crippen LogP contribution >= 0.6 is 0 Å². The second kappa shape index (κ2) is 6.54. The molecule has 2 aromatic heterocycles. The molecule has 0 bridgehead atoms. The van der Waals surface area contributed by atoms with E-state index in [1.165, 1.54) is 0 Å². The van der Waals surface area contributed by atoms with Crippen LogP contribution in [0.3, 0.4) is 0 Å². The molecule has 0 aromatic carbocycles. The van der Waals surface area contributed by atoms with Crippen molar-refractivity contribution in [2.75, 3.05) is 0 Å². The Labute approximate surface area is 163 Å². The Morgan fingerprint density at radius 1 is 1.07 bits per heavy atom. The predicted molar refractivity (Wildman–Crippen MR) is 98.6 cm³/mol. The zero-order valence-electron chi connectivity index (χ0n) is 15.4. The molecule has 0 amide bonds. The van der Waals surface area contributed by atoms with Gasteiger partial charge in [-0.3, -0.25) is 15.6 Å². The lowest BCUT2D eigenvalue weighted by Crippen LogP contribution is -2.21. The third kappa shape index (κ3) is 2.83. The first-order valence-corrected chi connectivity index (χ1v) is 8.60. The molecule has 29 heavy (non-hydrogen) atoms. The van der Waals surface area contributed by atoms with Crippen molar-refractivity contribution in [2.45, 2.75) is 32.6 Å². The second-order valence-corrected chi connectivity index (χ2v) is 6.68. The number of hydrogen-bond donors (Lipinski definition) is 4. The van der Waals surface area contributed by atoms with Crippen LogP contribution in [0.15, 0.2) is 32.1 Å². The Morgan fingerprint density at radius 2 is 1.76 bits per heavy atom. The highest BCUT2D eigenvalue weighted by molar-refractivity contribution is 5.94. The first-order chi connectivity index (χ1) is 13.8. The smallest absolute Gasteiger partial charge is 0.259 e. The predicted octanol–water partition coefficient (Wildman–Crippen LogP) is 2.70. The van der Waals surface area contributed by atoms with Gasteiger partial charge in [-0.05, 0) is 20.3 Å². The molecule has 2 aliphatic heterocycles. The van der Waals surface area contributed by atoms with Gasteiger partial charge in [0.2, 0.25) is 17.7 Å². The minimum Gasteiger partial charge on any atom is -0.493 e. The van der Waals surface area contributed by atoms with E-state index >= 15 is 0 Å². The van der Waals surface area contributed by atoms with E-state index in [1.54, 1.807) is 0 Å². The summed E-state index contributed by atoms with van der Waals surface area (Å²) in [5.41, 5.74) is 0.948. The maximum absolute atomic E-state index is 13.1. The first kappa shape index (κ1) is 18.3. The number of ketones is 1. The molecule has 13 heteroatoms. The highest BCUT2D eigenvalue weighted by Crippen LogP contribution is 2.41. The van der Waals surface area contributed by atoms with Crippen molar-refractivity contribution in [3.63, 3.8) is 0 Å². The highest BCUT2D eigenvalue weighted by Gasteiger charge is 2.39. The third-order valence-corrected chi connectivity index (χ3v) is 4.42. The van der Waals surface area contributed by atoms with Crippen molar-refractivity contribution in [1.29, 1.82) is 10.8 Å². The number of azo groups is 2. The fourth-order valence-corrected chi connectivity index (χ4v) is 3.12. The number of nitrogens with zero attached hydrogens (tertiary/aromatic N) is 8. The summed E-state index contributed by atoms with van der Waals surface area (Å²) in [6, 6.07) is 0. The van der Waals surface area contributed by atoms with E-state index in [0.29, 0.717) is 6.42 Å². The molecule has 1 unspecified atom stereocenters. The molecular formula is C16H16N10O3. The molecule has 148 valence electrons. The molecule has 0 aliphatic carbocycles. The quantitative estimate of drug-likeness (QED) is 0.545. The van der Waals surface area contributed by atoms with E-state index in [1.807, 2.05) is 19.9 Å². The fourth-order valence-electron chi connectivity index (χ4n) is 3.12. The number of fused-ring (bicyclic) bond motifs is 2. The highest BCUT2D eigenvalue weighted by atomic mass is 16.3. The zero-order valence-corrected chi connectivity index (χ0v) is 15.4. The summed E-state index contributed by atoms with van der Waals surface area (Å²) in [6.45, 7) is 3.82. The van der Waals surface area contributed by atoms with Gasteiger partial charge in [-0.25, -0.2) is 14.1 Å². The van der Waals surface area contributed by atoms with E-state index in [4.69, 9.17) is 10.8 Å². The number of Topliss-reactive ketones (excluding diaryl/α,β-unsaturated/α-hetero) is 1. The van der Waals surface area contributed by atoms with Crippen molar-refractivity contribution < 1.29 is 15.0 Å². The number of carbonyl (C=O) groups excluding carboxylic acids is 1. The molecule has 0 saturated heterocycles. The van der Waals surface area contributed by atoms with Crippen molar-refractivity contribution in [1.82, 2.24) is 19.1 Å². The molecule has 0 saturated carbocycles. The van der Waals surface area contributed by atoms with Crippen LogP contribution in [0.4, 0.5) is 11.8 Å². The number of rotatable bonds is 6. The van der Waals surface area contributed by atoms with E-state index in [9.17, 15) is 15.0 Å². The lowest BCUT2D eigenvalue weighted by atomic mass is 9.95. The number of aromatic hydroxyl groups is 2. The van der Waals surface area contributed by atoms with Crippen LogP contribution in [0.2, 0.25) is 0 Å². The van der Waals surface area contributed by atoms with Gasteiger partial charge in [0.15, 0.2) is 0 Å². The molecule has 1 atom stereocenters. The minimum atomic E-state index is -1.23. The maximum Gasteiger partial charge on any atom is 0.259 e. The molecule has 4 N–H and O–H groups in total. The average molecular weight is 396 g/mol. The van der Waals surface area contributed by atoms with Gasteiger partial charge < -0.3 is 10.2 Å². The topological polar surface area (TPSA) is 190 Å². The lowest BCUT2D eigenvalue weighted by molar-refractivity contribution is -0.119. The van der Waals surface area contributed by atoms with Gasteiger partial charge in [0.05, 0.1) is 0 Å². The summed E-state index contributed by atoms with van der Waals surface area (Å²) in [4.78, 5) is 21.3. The Kier molecular flexibility index (Phi) is 4.14. The van der Waals surface area contributed by atoms with E-state index in [2.05, 4.69) is 30.4 Å².